The van der Waals surface area contributed by atoms with Gasteiger partial charge in [-0.2, -0.15) is 0 Å². The molecule has 0 fully saturated rings. The van der Waals surface area contributed by atoms with Crippen molar-refractivity contribution in [3.63, 3.8) is 0 Å². The molecule has 0 aliphatic rings. The van der Waals surface area contributed by atoms with Crippen LogP contribution < -0.4 is 10.6 Å². The van der Waals surface area contributed by atoms with Gasteiger partial charge in [-0.15, -0.1) is 24.0 Å². The molecule has 0 unspecified atom stereocenters. The van der Waals surface area contributed by atoms with E-state index >= 15 is 0 Å². The Balaban J connectivity index is 0.00000392. The summed E-state index contributed by atoms with van der Waals surface area (Å²) in [6, 6.07) is 9.21. The number of benzene rings is 1. The maximum atomic E-state index is 5.60. The third kappa shape index (κ3) is 7.43. The summed E-state index contributed by atoms with van der Waals surface area (Å²) in [5.74, 6) is 1.40. The summed E-state index contributed by atoms with van der Waals surface area (Å²) in [6.07, 6.45) is 1.69. The summed E-state index contributed by atoms with van der Waals surface area (Å²) in [7, 11) is 1.78. The van der Waals surface area contributed by atoms with Gasteiger partial charge in [0.25, 0.3) is 0 Å². The lowest BCUT2D eigenvalue weighted by atomic mass is 10.1. The van der Waals surface area contributed by atoms with Crippen molar-refractivity contribution in [2.45, 2.75) is 53.2 Å². The SMILES string of the molecule is CN=C(NCCN(C(C)C)C(C)C)NCc1coc(-c2ccc(C)cc2)n1.I. The Kier molecular flexibility index (Phi) is 10.5. The van der Waals surface area contributed by atoms with E-state index in [1.807, 2.05) is 12.1 Å². The number of hydrogen-bond acceptors (Lipinski definition) is 4. The molecule has 7 heteroatoms. The first-order chi connectivity index (χ1) is 12.9. The van der Waals surface area contributed by atoms with E-state index in [0.717, 1.165) is 30.3 Å². The number of rotatable bonds is 8. The molecule has 0 radical (unpaired) electrons. The minimum atomic E-state index is 0. The number of nitrogens with one attached hydrogen (secondary N) is 2. The van der Waals surface area contributed by atoms with Gasteiger partial charge in [0, 0.05) is 37.8 Å². The summed E-state index contributed by atoms with van der Waals surface area (Å²) in [5, 5.41) is 6.65. The second-order valence-corrected chi connectivity index (χ2v) is 7.29. The molecule has 0 bridgehead atoms. The Bertz CT molecular complexity index is 717. The van der Waals surface area contributed by atoms with E-state index < -0.39 is 0 Å². The summed E-state index contributed by atoms with van der Waals surface area (Å²) in [4.78, 5) is 11.3. The Hall–Kier alpha value is -1.61. The quantitative estimate of drug-likeness (QED) is 0.326. The van der Waals surface area contributed by atoms with E-state index in [1.54, 1.807) is 13.3 Å². The highest BCUT2D eigenvalue weighted by Crippen LogP contribution is 2.18. The first kappa shape index (κ1) is 24.4. The average Bonchev–Trinajstić information content (AvgIpc) is 3.10. The van der Waals surface area contributed by atoms with Crippen LogP contribution in [0.25, 0.3) is 11.5 Å². The Morgan fingerprint density at radius 1 is 1.11 bits per heavy atom. The third-order valence-corrected chi connectivity index (χ3v) is 4.50. The standard InChI is InChI=1S/C21H33N5O.HI/c1-15(2)26(16(3)4)12-11-23-21(22-6)24-13-19-14-27-20(25-19)18-9-7-17(5)8-10-18;/h7-10,14-16H,11-13H2,1-6H3,(H2,22,23,24);1H. The second-order valence-electron chi connectivity index (χ2n) is 7.29. The normalized spacial score (nSPS) is 11.8. The molecule has 0 amide bonds. The van der Waals surface area contributed by atoms with Crippen LogP contribution in [0.4, 0.5) is 0 Å². The number of halogens is 1. The van der Waals surface area contributed by atoms with Crippen LogP contribution in [0.2, 0.25) is 0 Å². The Morgan fingerprint density at radius 2 is 1.75 bits per heavy atom. The molecule has 0 aliphatic heterocycles. The molecule has 0 saturated heterocycles. The van der Waals surface area contributed by atoms with E-state index in [-0.39, 0.29) is 24.0 Å². The highest BCUT2D eigenvalue weighted by molar-refractivity contribution is 14.0. The predicted molar refractivity (Wildman–Crippen MR) is 127 cm³/mol. The van der Waals surface area contributed by atoms with Crippen molar-refractivity contribution in [3.05, 3.63) is 41.8 Å². The molecule has 6 nitrogen and oxygen atoms in total. The van der Waals surface area contributed by atoms with Crippen LogP contribution in [0.1, 0.15) is 39.0 Å². The molecule has 0 aliphatic carbocycles. The predicted octanol–water partition coefficient (Wildman–Crippen LogP) is 4.05. The Morgan fingerprint density at radius 3 is 2.32 bits per heavy atom. The Labute approximate surface area is 186 Å². The highest BCUT2D eigenvalue weighted by atomic mass is 127. The van der Waals surface area contributed by atoms with E-state index in [9.17, 15) is 0 Å². The van der Waals surface area contributed by atoms with Crippen molar-refractivity contribution in [2.24, 2.45) is 4.99 Å². The lowest BCUT2D eigenvalue weighted by Gasteiger charge is -2.30. The largest absolute Gasteiger partial charge is 0.444 e. The van der Waals surface area contributed by atoms with E-state index in [4.69, 9.17) is 4.42 Å². The van der Waals surface area contributed by atoms with Gasteiger partial charge in [-0.3, -0.25) is 9.89 Å². The molecular weight excluding hydrogens is 465 g/mol. The molecule has 2 N–H and O–H groups in total. The van der Waals surface area contributed by atoms with Crippen LogP contribution in [0, 0.1) is 6.92 Å². The van der Waals surface area contributed by atoms with E-state index in [2.05, 4.69) is 72.3 Å². The number of nitrogens with zero attached hydrogens (tertiary/aromatic N) is 3. The minimum absolute atomic E-state index is 0. The number of aryl methyl sites for hydroxylation is 1. The lowest BCUT2D eigenvalue weighted by Crippen LogP contribution is -2.45. The van der Waals surface area contributed by atoms with Gasteiger partial charge in [0.2, 0.25) is 5.89 Å². The van der Waals surface area contributed by atoms with Gasteiger partial charge in [-0.05, 0) is 46.8 Å². The van der Waals surface area contributed by atoms with Crippen molar-refractivity contribution in [3.8, 4) is 11.5 Å². The van der Waals surface area contributed by atoms with Crippen molar-refractivity contribution in [2.75, 3.05) is 20.1 Å². The molecule has 156 valence electrons. The monoisotopic (exact) mass is 499 g/mol. The number of guanidine groups is 1. The fraction of sp³-hybridized carbons (Fsp3) is 0.524. The van der Waals surface area contributed by atoms with E-state index in [1.165, 1.54) is 5.56 Å². The van der Waals surface area contributed by atoms with Crippen LogP contribution in [0.15, 0.2) is 39.9 Å². The molecule has 1 aromatic carbocycles. The van der Waals surface area contributed by atoms with Crippen molar-refractivity contribution in [1.82, 2.24) is 20.5 Å². The lowest BCUT2D eigenvalue weighted by molar-refractivity contribution is 0.178. The molecular formula is C21H34IN5O. The minimum Gasteiger partial charge on any atom is -0.444 e. The smallest absolute Gasteiger partial charge is 0.226 e. The zero-order valence-corrected chi connectivity index (χ0v) is 20.2. The third-order valence-electron chi connectivity index (χ3n) is 4.50. The summed E-state index contributed by atoms with van der Waals surface area (Å²) < 4.78 is 5.60. The zero-order valence-electron chi connectivity index (χ0n) is 17.8. The zero-order chi connectivity index (χ0) is 19.8. The van der Waals surface area contributed by atoms with Crippen molar-refractivity contribution >= 4 is 29.9 Å². The molecule has 0 saturated carbocycles. The second kappa shape index (κ2) is 12.1. The van der Waals surface area contributed by atoms with Crippen LogP contribution in [-0.4, -0.2) is 48.1 Å². The summed E-state index contributed by atoms with van der Waals surface area (Å²) >= 11 is 0. The molecule has 1 heterocycles. The molecule has 0 atom stereocenters. The van der Waals surface area contributed by atoms with Crippen LogP contribution in [-0.2, 0) is 6.54 Å². The molecule has 2 rings (SSSR count). The molecule has 28 heavy (non-hydrogen) atoms. The fourth-order valence-corrected chi connectivity index (χ4v) is 3.03. The van der Waals surface area contributed by atoms with E-state index in [0.29, 0.717) is 24.5 Å². The fourth-order valence-electron chi connectivity index (χ4n) is 3.03. The highest BCUT2D eigenvalue weighted by Gasteiger charge is 2.13. The molecule has 0 spiro atoms. The topological polar surface area (TPSA) is 65.7 Å². The van der Waals surface area contributed by atoms with Crippen molar-refractivity contribution < 1.29 is 4.42 Å². The first-order valence-corrected chi connectivity index (χ1v) is 9.62. The van der Waals surface area contributed by atoms with Gasteiger partial charge in [0.15, 0.2) is 5.96 Å². The maximum Gasteiger partial charge on any atom is 0.226 e. The van der Waals surface area contributed by atoms with Crippen LogP contribution in [0.3, 0.4) is 0 Å². The van der Waals surface area contributed by atoms with Gasteiger partial charge < -0.3 is 15.1 Å². The summed E-state index contributed by atoms with van der Waals surface area (Å²) in [6.45, 7) is 13.3. The van der Waals surface area contributed by atoms with Crippen molar-refractivity contribution in [1.29, 1.82) is 0 Å². The van der Waals surface area contributed by atoms with Gasteiger partial charge in [-0.25, -0.2) is 4.98 Å². The van der Waals surface area contributed by atoms with Gasteiger partial charge in [-0.1, -0.05) is 17.7 Å². The molecule has 2 aromatic rings. The van der Waals surface area contributed by atoms with Crippen LogP contribution in [0.5, 0.6) is 0 Å². The van der Waals surface area contributed by atoms with Gasteiger partial charge in [0.1, 0.15) is 6.26 Å². The number of hydrogen-bond donors (Lipinski definition) is 2. The van der Waals surface area contributed by atoms with Gasteiger partial charge in [0.05, 0.1) is 12.2 Å². The van der Waals surface area contributed by atoms with Gasteiger partial charge >= 0.3 is 0 Å². The number of oxazole rings is 1. The number of aliphatic imine (C=N–C) groups is 1. The maximum absolute atomic E-state index is 5.60. The first-order valence-electron chi connectivity index (χ1n) is 9.62. The molecule has 1 aromatic heterocycles. The average molecular weight is 499 g/mol. The van der Waals surface area contributed by atoms with Crippen LogP contribution >= 0.6 is 24.0 Å². The summed E-state index contributed by atoms with van der Waals surface area (Å²) in [5.41, 5.74) is 3.05. The number of aromatic nitrogens is 1.